The molecule has 42 heavy (non-hydrogen) atoms. The third-order valence-corrected chi connectivity index (χ3v) is 8.46. The van der Waals surface area contributed by atoms with Gasteiger partial charge in [0, 0.05) is 0 Å². The molecule has 0 saturated heterocycles. The third kappa shape index (κ3) is 56.7. The summed E-state index contributed by atoms with van der Waals surface area (Å²) < 4.78 is 17.5. The summed E-state index contributed by atoms with van der Waals surface area (Å²) >= 11 is 6.41. The van der Waals surface area contributed by atoms with Gasteiger partial charge in [0.2, 0.25) is 15.3 Å². The molecular formula is C36H76O2P2S2. The summed E-state index contributed by atoms with van der Waals surface area (Å²) in [5.41, 5.74) is 0. The van der Waals surface area contributed by atoms with Crippen molar-refractivity contribution in [2.24, 2.45) is 0 Å². The maximum absolute atomic E-state index is 8.77. The lowest BCUT2D eigenvalue weighted by atomic mass is 10.0. The highest BCUT2D eigenvalue weighted by Gasteiger charge is 1.97. The zero-order valence-corrected chi connectivity index (χ0v) is 32.2. The van der Waals surface area contributed by atoms with E-state index in [1.165, 1.54) is 218 Å². The molecule has 0 aliphatic carbocycles. The van der Waals surface area contributed by atoms with Crippen LogP contribution in [-0.4, -0.2) is 0 Å². The van der Waals surface area contributed by atoms with Crippen molar-refractivity contribution >= 4 is 39.8 Å². The summed E-state index contributed by atoms with van der Waals surface area (Å²) in [6, 6.07) is 0. The molecule has 0 aromatic rings. The van der Waals surface area contributed by atoms with Crippen LogP contribution in [0.4, 0.5) is 0 Å². The highest BCUT2D eigenvalue weighted by Crippen LogP contribution is 2.17. The lowest BCUT2D eigenvalue weighted by Gasteiger charge is -2.05. The summed E-state index contributed by atoms with van der Waals surface area (Å²) in [5.74, 6) is 0. The van der Waals surface area contributed by atoms with Gasteiger partial charge in [0.1, 0.15) is 0 Å². The minimum absolute atomic E-state index is 0.139. The van der Waals surface area contributed by atoms with Crippen molar-refractivity contribution in [3.63, 3.8) is 0 Å². The Morgan fingerprint density at radius 1 is 0.262 bits per heavy atom. The van der Waals surface area contributed by atoms with Gasteiger partial charge < -0.3 is 0 Å². The molecule has 2 nitrogen and oxygen atoms in total. The highest BCUT2D eigenvalue weighted by molar-refractivity contribution is 8.34. The molecule has 0 aromatic carbocycles. The molecule has 0 aliphatic rings. The first-order chi connectivity index (χ1) is 20.7. The van der Waals surface area contributed by atoms with Gasteiger partial charge in [0.15, 0.2) is 0 Å². The second-order valence-corrected chi connectivity index (χ2v) is 13.8. The van der Waals surface area contributed by atoms with Crippen LogP contribution in [0.15, 0.2) is 0 Å². The predicted octanol–water partition coefficient (Wildman–Crippen LogP) is 16.5. The number of unbranched alkanes of at least 4 members (excludes halogenated alkanes) is 33. The fraction of sp³-hybridized carbons (Fsp3) is 1.00. The predicted molar refractivity (Wildman–Crippen MR) is 202 cm³/mol. The molecule has 0 rings (SSSR count). The monoisotopic (exact) mass is 666 g/mol. The van der Waals surface area contributed by atoms with Crippen molar-refractivity contribution in [3.8, 4) is 0 Å². The van der Waals surface area contributed by atoms with Gasteiger partial charge in [-0.15, -0.1) is 0 Å². The maximum atomic E-state index is 8.77. The normalized spacial score (nSPS) is 10.9. The Hall–Kier alpha value is 0.900. The van der Waals surface area contributed by atoms with Gasteiger partial charge in [0.05, 0.1) is 0 Å². The van der Waals surface area contributed by atoms with Gasteiger partial charge in [-0.2, -0.15) is 0 Å². The zero-order valence-electron chi connectivity index (χ0n) is 28.6. The van der Waals surface area contributed by atoms with Crippen molar-refractivity contribution in [3.05, 3.63) is 0 Å². The molecule has 0 fully saturated rings. The smallest absolute Gasteiger partial charge is 0.223 e. The van der Waals surface area contributed by atoms with Crippen LogP contribution in [0.3, 0.4) is 0 Å². The number of hydrogen-bond acceptors (Lipinski definition) is 2. The van der Waals surface area contributed by atoms with Gasteiger partial charge in [0.25, 0.3) is 0 Å². The number of thiol groups is 2. The van der Waals surface area contributed by atoms with E-state index >= 15 is 0 Å². The van der Waals surface area contributed by atoms with Crippen LogP contribution in [0.5, 0.6) is 0 Å². The second-order valence-electron chi connectivity index (χ2n) is 12.5. The van der Waals surface area contributed by atoms with Gasteiger partial charge in [-0.05, 0) is 0 Å². The van der Waals surface area contributed by atoms with E-state index in [1.807, 2.05) is 0 Å². The lowest BCUT2D eigenvalue weighted by Crippen LogP contribution is -1.85. The Bertz CT molecular complexity index is 416. The Kier molecular flexibility index (Phi) is 58.0. The molecular weight excluding hydrogens is 590 g/mol. The lowest BCUT2D eigenvalue weighted by molar-refractivity contribution is 0.511. The maximum Gasteiger partial charge on any atom is 0.223 e. The minimum Gasteiger partial charge on any atom is -0.262 e. The molecule has 0 unspecified atom stereocenters. The highest BCUT2D eigenvalue weighted by atomic mass is 32.7. The SMILES string of the molecule is CCCCCCCCCCCCCCCCCCCCCCCCCCCCCCCCCCCC.O=PS.O=PS. The van der Waals surface area contributed by atoms with Crippen LogP contribution in [0.2, 0.25) is 0 Å². The topological polar surface area (TPSA) is 34.1 Å². The van der Waals surface area contributed by atoms with E-state index in [4.69, 9.17) is 9.13 Å². The van der Waals surface area contributed by atoms with Crippen LogP contribution in [-0.2, 0) is 9.13 Å². The summed E-state index contributed by atoms with van der Waals surface area (Å²) in [7, 11) is -0.278. The van der Waals surface area contributed by atoms with Gasteiger partial charge in [-0.1, -0.05) is 257 Å². The van der Waals surface area contributed by atoms with Crippen LogP contribution in [0, 0.1) is 0 Å². The molecule has 6 heteroatoms. The third-order valence-electron chi connectivity index (χ3n) is 8.46. The van der Waals surface area contributed by atoms with Crippen molar-refractivity contribution in [1.29, 1.82) is 0 Å². The van der Waals surface area contributed by atoms with E-state index in [0.29, 0.717) is 0 Å². The first kappa shape index (κ1) is 47.3. The largest absolute Gasteiger partial charge is 0.262 e. The Morgan fingerprint density at radius 2 is 0.333 bits per heavy atom. The molecule has 0 N–H and O–H groups in total. The van der Waals surface area contributed by atoms with Crippen LogP contribution in [0.25, 0.3) is 0 Å². The van der Waals surface area contributed by atoms with Crippen LogP contribution in [0.1, 0.15) is 232 Å². The Morgan fingerprint density at radius 3 is 0.405 bits per heavy atom. The fourth-order valence-electron chi connectivity index (χ4n) is 5.80. The van der Waals surface area contributed by atoms with Crippen LogP contribution >= 0.6 is 39.8 Å². The first-order valence-electron chi connectivity index (χ1n) is 18.7. The van der Waals surface area contributed by atoms with Crippen molar-refractivity contribution in [2.75, 3.05) is 0 Å². The minimum atomic E-state index is -0.139. The average molecular weight is 667 g/mol. The number of rotatable bonds is 33. The van der Waals surface area contributed by atoms with E-state index in [1.54, 1.807) is 0 Å². The fourth-order valence-corrected chi connectivity index (χ4v) is 5.80. The second kappa shape index (κ2) is 51.5. The van der Waals surface area contributed by atoms with E-state index in [9.17, 15) is 0 Å². The van der Waals surface area contributed by atoms with Crippen molar-refractivity contribution in [1.82, 2.24) is 0 Å². The molecule has 0 radical (unpaired) electrons. The zero-order chi connectivity index (χ0) is 31.5. The quantitative estimate of drug-likeness (QED) is 0.0415. The van der Waals surface area contributed by atoms with Gasteiger partial charge in [-0.25, -0.2) is 0 Å². The van der Waals surface area contributed by atoms with E-state index in [0.717, 1.165) is 0 Å². The van der Waals surface area contributed by atoms with Crippen molar-refractivity contribution in [2.45, 2.75) is 232 Å². The molecule has 0 aromatic heterocycles. The van der Waals surface area contributed by atoms with E-state index in [-0.39, 0.29) is 15.3 Å². The standard InChI is InChI=1S/C36H74.2HOPS/c1-3-5-7-9-11-13-15-17-19-21-23-25-27-29-31-33-35-36-34-32-30-28-26-24-22-20-18-16-14-12-10-8-6-4-2;2*1-2-3/h3-36H2,1-2H3;2*(H,1,3). The first-order valence-corrected chi connectivity index (χ1v) is 22.6. The summed E-state index contributed by atoms with van der Waals surface area (Å²) in [4.78, 5) is 0. The molecule has 0 heterocycles. The van der Waals surface area contributed by atoms with Gasteiger partial charge >= 0.3 is 0 Å². The Balaban J connectivity index is -0.00000231. The molecule has 0 saturated carbocycles. The van der Waals surface area contributed by atoms with E-state index in [2.05, 4.69) is 38.3 Å². The summed E-state index contributed by atoms with van der Waals surface area (Å²) in [5, 5.41) is 0. The average Bonchev–Trinajstić information content (AvgIpc) is 2.98. The molecule has 0 amide bonds. The Labute approximate surface area is 280 Å². The summed E-state index contributed by atoms with van der Waals surface area (Å²) in [6.45, 7) is 4.62. The molecule has 0 bridgehead atoms. The van der Waals surface area contributed by atoms with Gasteiger partial charge in [-0.3, -0.25) is 9.13 Å². The molecule has 0 atom stereocenters. The molecule has 0 aliphatic heterocycles. The van der Waals surface area contributed by atoms with Crippen molar-refractivity contribution < 1.29 is 9.13 Å². The molecule has 0 spiro atoms. The van der Waals surface area contributed by atoms with Crippen LogP contribution < -0.4 is 0 Å². The molecule has 254 valence electrons. The van der Waals surface area contributed by atoms with E-state index < -0.39 is 0 Å². The number of hydrogen-bond donors (Lipinski definition) is 2. The summed E-state index contributed by atoms with van der Waals surface area (Å²) in [6.07, 6.45) is 50.4.